The van der Waals surface area contributed by atoms with E-state index in [0.717, 1.165) is 25.9 Å². The molecule has 2 aliphatic heterocycles. The number of amides is 2. The SMILES string of the molecule is CC1(C)SC[C@H](C(=O)NC2CCN(c3ncccc3C#N)CC2)NC1=O. The average molecular weight is 373 g/mol. The number of hydrogen-bond donors (Lipinski definition) is 2. The molecule has 1 atom stereocenters. The Morgan fingerprint density at radius 2 is 2.19 bits per heavy atom. The van der Waals surface area contributed by atoms with E-state index >= 15 is 0 Å². The summed E-state index contributed by atoms with van der Waals surface area (Å²) in [6.07, 6.45) is 3.26. The molecule has 2 fully saturated rings. The van der Waals surface area contributed by atoms with Crippen LogP contribution in [0.2, 0.25) is 0 Å². The minimum absolute atomic E-state index is 0.0739. The molecule has 8 heteroatoms. The van der Waals surface area contributed by atoms with Crippen LogP contribution in [0.25, 0.3) is 0 Å². The maximum absolute atomic E-state index is 12.5. The lowest BCUT2D eigenvalue weighted by atomic mass is 10.0. The van der Waals surface area contributed by atoms with E-state index in [-0.39, 0.29) is 17.9 Å². The summed E-state index contributed by atoms with van der Waals surface area (Å²) in [6.45, 7) is 5.19. The first-order valence-corrected chi connectivity index (χ1v) is 9.74. The standard InChI is InChI=1S/C18H23N5O2S/c1-18(2)17(25)22-14(11-26-18)16(24)21-13-5-8-23(9-6-13)15-12(10-19)4-3-7-20-15/h3-4,7,13-14H,5-6,8-9,11H2,1-2H3,(H,21,24)(H,22,25)/t14-/m1/s1. The van der Waals surface area contributed by atoms with Gasteiger partial charge in [0.1, 0.15) is 17.9 Å². The molecule has 3 heterocycles. The highest BCUT2D eigenvalue weighted by Crippen LogP contribution is 2.29. The number of pyridine rings is 1. The van der Waals surface area contributed by atoms with Gasteiger partial charge in [0.2, 0.25) is 11.8 Å². The summed E-state index contributed by atoms with van der Waals surface area (Å²) < 4.78 is -0.483. The van der Waals surface area contributed by atoms with E-state index in [1.807, 2.05) is 13.8 Å². The minimum atomic E-state index is -0.483. The second kappa shape index (κ2) is 7.54. The van der Waals surface area contributed by atoms with Crippen LogP contribution in [0.5, 0.6) is 0 Å². The molecule has 1 aromatic heterocycles. The summed E-state index contributed by atoms with van der Waals surface area (Å²) in [6, 6.07) is 5.30. The summed E-state index contributed by atoms with van der Waals surface area (Å²) >= 11 is 1.51. The van der Waals surface area contributed by atoms with Crippen molar-refractivity contribution in [1.29, 1.82) is 5.26 Å². The van der Waals surface area contributed by atoms with Gasteiger partial charge in [-0.15, -0.1) is 11.8 Å². The molecule has 2 amide bonds. The fraction of sp³-hybridized carbons (Fsp3) is 0.556. The third kappa shape index (κ3) is 3.93. The number of aromatic nitrogens is 1. The molecule has 0 spiro atoms. The largest absolute Gasteiger partial charge is 0.355 e. The number of hydrogen-bond acceptors (Lipinski definition) is 6. The quantitative estimate of drug-likeness (QED) is 0.822. The van der Waals surface area contributed by atoms with Crippen LogP contribution in [0, 0.1) is 11.3 Å². The Morgan fingerprint density at radius 3 is 2.85 bits per heavy atom. The van der Waals surface area contributed by atoms with Crippen LogP contribution >= 0.6 is 11.8 Å². The first kappa shape index (κ1) is 18.5. The highest BCUT2D eigenvalue weighted by atomic mass is 32.2. The number of nitrogens with one attached hydrogen (secondary N) is 2. The molecule has 0 aliphatic carbocycles. The fourth-order valence-electron chi connectivity index (χ4n) is 3.15. The molecule has 26 heavy (non-hydrogen) atoms. The van der Waals surface area contributed by atoms with Gasteiger partial charge in [0.05, 0.1) is 10.3 Å². The molecule has 0 aromatic carbocycles. The van der Waals surface area contributed by atoms with E-state index in [1.165, 1.54) is 11.8 Å². The lowest BCUT2D eigenvalue weighted by Gasteiger charge is -2.36. The van der Waals surface area contributed by atoms with E-state index in [0.29, 0.717) is 17.1 Å². The van der Waals surface area contributed by atoms with E-state index in [1.54, 1.807) is 18.3 Å². The second-order valence-electron chi connectivity index (χ2n) is 7.10. The Hall–Kier alpha value is -2.27. The number of thioether (sulfide) groups is 1. The van der Waals surface area contributed by atoms with Gasteiger partial charge in [-0.05, 0) is 38.8 Å². The zero-order valence-electron chi connectivity index (χ0n) is 15.0. The first-order valence-electron chi connectivity index (χ1n) is 8.76. The van der Waals surface area contributed by atoms with Crippen LogP contribution in [-0.2, 0) is 9.59 Å². The van der Waals surface area contributed by atoms with Crippen LogP contribution in [0.15, 0.2) is 18.3 Å². The molecule has 2 N–H and O–H groups in total. The van der Waals surface area contributed by atoms with Crippen LogP contribution in [-0.4, -0.2) is 52.5 Å². The van der Waals surface area contributed by atoms with E-state index in [9.17, 15) is 14.9 Å². The van der Waals surface area contributed by atoms with Crippen molar-refractivity contribution in [3.63, 3.8) is 0 Å². The van der Waals surface area contributed by atoms with Gasteiger partial charge in [-0.3, -0.25) is 9.59 Å². The number of nitriles is 1. The summed E-state index contributed by atoms with van der Waals surface area (Å²) in [5, 5.41) is 15.1. The first-order chi connectivity index (χ1) is 12.4. The number of nitrogens with zero attached hydrogens (tertiary/aromatic N) is 3. The van der Waals surface area contributed by atoms with Gasteiger partial charge >= 0.3 is 0 Å². The van der Waals surface area contributed by atoms with Crippen LogP contribution in [0.4, 0.5) is 5.82 Å². The Kier molecular flexibility index (Phi) is 5.37. The van der Waals surface area contributed by atoms with E-state index in [2.05, 4.69) is 26.6 Å². The van der Waals surface area contributed by atoms with Gasteiger partial charge in [-0.25, -0.2) is 4.98 Å². The molecular formula is C18H23N5O2S. The van der Waals surface area contributed by atoms with Gasteiger partial charge in [0.25, 0.3) is 0 Å². The molecule has 0 radical (unpaired) electrons. The molecule has 2 saturated heterocycles. The summed E-state index contributed by atoms with van der Waals surface area (Å²) in [5.41, 5.74) is 0.569. The van der Waals surface area contributed by atoms with Gasteiger partial charge in [0, 0.05) is 31.1 Å². The lowest BCUT2D eigenvalue weighted by molar-refractivity contribution is -0.130. The van der Waals surface area contributed by atoms with E-state index in [4.69, 9.17) is 0 Å². The fourth-order valence-corrected chi connectivity index (χ4v) is 4.15. The summed E-state index contributed by atoms with van der Waals surface area (Å²) in [4.78, 5) is 30.9. The molecule has 3 rings (SSSR count). The van der Waals surface area contributed by atoms with Crippen molar-refractivity contribution in [3.8, 4) is 6.07 Å². The molecule has 0 saturated carbocycles. The summed E-state index contributed by atoms with van der Waals surface area (Å²) in [7, 11) is 0. The zero-order chi connectivity index (χ0) is 18.7. The van der Waals surface area contributed by atoms with E-state index < -0.39 is 10.8 Å². The Bertz CT molecular complexity index is 737. The Morgan fingerprint density at radius 1 is 1.46 bits per heavy atom. The average Bonchev–Trinajstić information content (AvgIpc) is 2.64. The molecule has 2 aliphatic rings. The number of piperidine rings is 1. The highest BCUT2D eigenvalue weighted by Gasteiger charge is 2.38. The molecule has 1 aromatic rings. The maximum atomic E-state index is 12.5. The number of rotatable bonds is 3. The molecule has 0 bridgehead atoms. The Labute approximate surface area is 157 Å². The van der Waals surface area contributed by atoms with Gasteiger partial charge in [-0.1, -0.05) is 0 Å². The van der Waals surface area contributed by atoms with Gasteiger partial charge in [-0.2, -0.15) is 5.26 Å². The molecular weight excluding hydrogens is 350 g/mol. The third-order valence-corrected chi connectivity index (χ3v) is 6.23. The molecule has 138 valence electrons. The van der Waals surface area contributed by atoms with Crippen molar-refractivity contribution in [2.45, 2.75) is 43.5 Å². The second-order valence-corrected chi connectivity index (χ2v) is 8.75. The topological polar surface area (TPSA) is 98.1 Å². The lowest BCUT2D eigenvalue weighted by Crippen LogP contribution is -2.59. The van der Waals surface area contributed by atoms with Crippen molar-refractivity contribution in [2.75, 3.05) is 23.7 Å². The number of carbonyl (C=O) groups excluding carboxylic acids is 2. The molecule has 7 nitrogen and oxygen atoms in total. The monoisotopic (exact) mass is 373 g/mol. The maximum Gasteiger partial charge on any atom is 0.243 e. The Balaban J connectivity index is 1.52. The van der Waals surface area contributed by atoms with Crippen molar-refractivity contribution < 1.29 is 9.59 Å². The van der Waals surface area contributed by atoms with Crippen LogP contribution in [0.1, 0.15) is 32.3 Å². The number of carbonyl (C=O) groups is 2. The van der Waals surface area contributed by atoms with Gasteiger partial charge < -0.3 is 15.5 Å². The van der Waals surface area contributed by atoms with Crippen LogP contribution < -0.4 is 15.5 Å². The van der Waals surface area contributed by atoms with Gasteiger partial charge in [0.15, 0.2) is 0 Å². The third-order valence-electron chi connectivity index (χ3n) is 4.83. The zero-order valence-corrected chi connectivity index (χ0v) is 15.8. The highest BCUT2D eigenvalue weighted by molar-refractivity contribution is 8.01. The number of anilines is 1. The van der Waals surface area contributed by atoms with Crippen molar-refractivity contribution in [2.24, 2.45) is 0 Å². The predicted molar refractivity (Wildman–Crippen MR) is 101 cm³/mol. The summed E-state index contributed by atoms with van der Waals surface area (Å²) in [5.74, 6) is 1.08. The van der Waals surface area contributed by atoms with Crippen LogP contribution in [0.3, 0.4) is 0 Å². The predicted octanol–water partition coefficient (Wildman–Crippen LogP) is 1.05. The smallest absolute Gasteiger partial charge is 0.243 e. The normalized spacial score (nSPS) is 23.0. The molecule has 0 unspecified atom stereocenters. The van der Waals surface area contributed by atoms with Crippen molar-refractivity contribution in [3.05, 3.63) is 23.9 Å². The van der Waals surface area contributed by atoms with Crippen molar-refractivity contribution in [1.82, 2.24) is 15.6 Å². The van der Waals surface area contributed by atoms with Crippen molar-refractivity contribution >= 4 is 29.4 Å². The minimum Gasteiger partial charge on any atom is -0.355 e.